The number of ether oxygens (including phenoxy) is 2. The Bertz CT molecular complexity index is 943. The number of hydrogen-bond donors (Lipinski definition) is 0. The lowest BCUT2D eigenvalue weighted by molar-refractivity contribution is -0.351. The summed E-state index contributed by atoms with van der Waals surface area (Å²) in [6.45, 7) is 2.86. The summed E-state index contributed by atoms with van der Waals surface area (Å²) >= 11 is 0. The van der Waals surface area contributed by atoms with Crippen LogP contribution in [0, 0.1) is 23.5 Å². The SMILES string of the molecule is CC1CCC(c2ccc(-c3cc(F)c(CC4CCC(OC(F)(F)F)C(F)C4)c(F)c3)cc2)OC1. The van der Waals surface area contributed by atoms with E-state index in [9.17, 15) is 26.3 Å². The minimum Gasteiger partial charge on any atom is -0.373 e. The van der Waals surface area contributed by atoms with E-state index in [1.54, 1.807) is 12.1 Å². The number of hydrogen-bond acceptors (Lipinski definition) is 2. The van der Waals surface area contributed by atoms with Crippen molar-refractivity contribution in [3.8, 4) is 11.1 Å². The number of halogens is 6. The van der Waals surface area contributed by atoms with Crippen LogP contribution in [-0.2, 0) is 15.9 Å². The van der Waals surface area contributed by atoms with Gasteiger partial charge in [-0.25, -0.2) is 13.2 Å². The Morgan fingerprint density at radius 3 is 2.18 bits per heavy atom. The summed E-state index contributed by atoms with van der Waals surface area (Å²) in [5.74, 6) is -1.41. The van der Waals surface area contributed by atoms with E-state index in [1.807, 2.05) is 12.1 Å². The highest BCUT2D eigenvalue weighted by molar-refractivity contribution is 5.64. The molecule has 0 radical (unpaired) electrons. The zero-order valence-corrected chi connectivity index (χ0v) is 18.9. The van der Waals surface area contributed by atoms with Gasteiger partial charge in [0.25, 0.3) is 0 Å². The third-order valence-electron chi connectivity index (χ3n) is 6.86. The lowest BCUT2D eigenvalue weighted by Crippen LogP contribution is -2.37. The largest absolute Gasteiger partial charge is 0.522 e. The molecule has 2 nitrogen and oxygen atoms in total. The van der Waals surface area contributed by atoms with Crippen molar-refractivity contribution in [3.05, 3.63) is 59.2 Å². The Morgan fingerprint density at radius 2 is 1.62 bits per heavy atom. The van der Waals surface area contributed by atoms with Crippen LogP contribution in [0.5, 0.6) is 0 Å². The minimum atomic E-state index is -4.91. The van der Waals surface area contributed by atoms with Gasteiger partial charge in [-0.15, -0.1) is 13.2 Å². The second kappa shape index (κ2) is 10.3. The van der Waals surface area contributed by atoms with Crippen molar-refractivity contribution < 1.29 is 35.8 Å². The smallest absolute Gasteiger partial charge is 0.373 e. The van der Waals surface area contributed by atoms with Crippen LogP contribution in [0.25, 0.3) is 11.1 Å². The lowest BCUT2D eigenvalue weighted by atomic mass is 9.82. The second-order valence-electron chi connectivity index (χ2n) is 9.55. The maximum atomic E-state index is 14.8. The van der Waals surface area contributed by atoms with E-state index in [4.69, 9.17) is 4.74 Å². The summed E-state index contributed by atoms with van der Waals surface area (Å²) < 4.78 is 90.7. The monoisotopic (exact) mass is 486 g/mol. The second-order valence-corrected chi connectivity index (χ2v) is 9.55. The highest BCUT2D eigenvalue weighted by Crippen LogP contribution is 2.36. The van der Waals surface area contributed by atoms with Crippen molar-refractivity contribution >= 4 is 0 Å². The molecule has 2 fully saturated rings. The van der Waals surface area contributed by atoms with Crippen LogP contribution in [0.15, 0.2) is 36.4 Å². The van der Waals surface area contributed by atoms with E-state index >= 15 is 0 Å². The third-order valence-corrected chi connectivity index (χ3v) is 6.86. The molecule has 2 aromatic carbocycles. The van der Waals surface area contributed by atoms with Crippen LogP contribution in [0.3, 0.4) is 0 Å². The van der Waals surface area contributed by atoms with Crippen molar-refractivity contribution in [1.29, 1.82) is 0 Å². The van der Waals surface area contributed by atoms with E-state index in [0.717, 1.165) is 18.4 Å². The van der Waals surface area contributed by atoms with Crippen molar-refractivity contribution in [2.45, 2.75) is 70.2 Å². The molecule has 1 heterocycles. The Balaban J connectivity index is 1.41. The van der Waals surface area contributed by atoms with Crippen molar-refractivity contribution in [1.82, 2.24) is 0 Å². The molecular formula is C26H28F6O2. The van der Waals surface area contributed by atoms with Gasteiger partial charge in [-0.1, -0.05) is 31.2 Å². The molecule has 2 aliphatic rings. The van der Waals surface area contributed by atoms with E-state index in [1.165, 1.54) is 12.1 Å². The molecule has 5 unspecified atom stereocenters. The Kier molecular flexibility index (Phi) is 7.57. The van der Waals surface area contributed by atoms with Gasteiger partial charge in [0.2, 0.25) is 0 Å². The first-order valence-corrected chi connectivity index (χ1v) is 11.7. The minimum absolute atomic E-state index is 0.0250. The van der Waals surface area contributed by atoms with Crippen LogP contribution in [0.2, 0.25) is 0 Å². The highest BCUT2D eigenvalue weighted by Gasteiger charge is 2.40. The number of alkyl halides is 4. The first-order valence-electron chi connectivity index (χ1n) is 11.7. The fourth-order valence-corrected chi connectivity index (χ4v) is 4.95. The average Bonchev–Trinajstić information content (AvgIpc) is 2.78. The summed E-state index contributed by atoms with van der Waals surface area (Å²) in [6.07, 6.45) is -6.52. The van der Waals surface area contributed by atoms with Gasteiger partial charge >= 0.3 is 6.36 Å². The molecule has 4 rings (SSSR count). The van der Waals surface area contributed by atoms with Gasteiger partial charge in [0, 0.05) is 12.2 Å². The van der Waals surface area contributed by atoms with E-state index < -0.39 is 36.2 Å². The summed E-state index contributed by atoms with van der Waals surface area (Å²) in [7, 11) is 0. The Hall–Kier alpha value is -2.06. The molecule has 1 aliphatic carbocycles. The summed E-state index contributed by atoms with van der Waals surface area (Å²) in [5, 5.41) is 0. The van der Waals surface area contributed by atoms with Crippen LogP contribution in [0.1, 0.15) is 56.3 Å². The molecule has 2 aromatic rings. The van der Waals surface area contributed by atoms with Gasteiger partial charge in [0.15, 0.2) is 0 Å². The molecule has 5 atom stereocenters. The summed E-state index contributed by atoms with van der Waals surface area (Å²) in [4.78, 5) is 0. The van der Waals surface area contributed by atoms with E-state index in [0.29, 0.717) is 23.7 Å². The fraction of sp³-hybridized carbons (Fsp3) is 0.538. The van der Waals surface area contributed by atoms with Gasteiger partial charge in [-0.3, -0.25) is 4.74 Å². The zero-order chi connectivity index (χ0) is 24.5. The van der Waals surface area contributed by atoms with Gasteiger partial charge in [-0.2, -0.15) is 0 Å². The fourth-order valence-electron chi connectivity index (χ4n) is 4.95. The predicted molar refractivity (Wildman–Crippen MR) is 116 cm³/mol. The van der Waals surface area contributed by atoms with Gasteiger partial charge in [-0.05, 0) is 79.2 Å². The average molecular weight is 486 g/mol. The molecule has 0 bridgehead atoms. The lowest BCUT2D eigenvalue weighted by Gasteiger charge is -2.32. The number of benzene rings is 2. The molecule has 1 saturated carbocycles. The van der Waals surface area contributed by atoms with E-state index in [2.05, 4.69) is 11.7 Å². The number of rotatable bonds is 5. The first kappa shape index (κ1) is 25.0. The zero-order valence-electron chi connectivity index (χ0n) is 18.9. The molecule has 0 amide bonds. The van der Waals surface area contributed by atoms with E-state index in [-0.39, 0.29) is 37.4 Å². The van der Waals surface area contributed by atoms with Crippen LogP contribution < -0.4 is 0 Å². The van der Waals surface area contributed by atoms with Crippen molar-refractivity contribution in [3.63, 3.8) is 0 Å². The Labute approximate surface area is 195 Å². The molecule has 1 saturated heterocycles. The normalized spacial score (nSPS) is 28.1. The van der Waals surface area contributed by atoms with Crippen LogP contribution in [-0.4, -0.2) is 25.2 Å². The molecule has 0 spiro atoms. The first-order chi connectivity index (χ1) is 16.1. The highest BCUT2D eigenvalue weighted by atomic mass is 19.4. The van der Waals surface area contributed by atoms with Crippen molar-refractivity contribution in [2.24, 2.45) is 11.8 Å². The maximum Gasteiger partial charge on any atom is 0.522 e. The molecule has 186 valence electrons. The molecule has 0 N–H and O–H groups in total. The van der Waals surface area contributed by atoms with Crippen LogP contribution in [0.4, 0.5) is 26.3 Å². The van der Waals surface area contributed by atoms with Gasteiger partial charge in [0.1, 0.15) is 17.8 Å². The molecular weight excluding hydrogens is 458 g/mol. The molecule has 0 aromatic heterocycles. The maximum absolute atomic E-state index is 14.8. The Morgan fingerprint density at radius 1 is 0.941 bits per heavy atom. The van der Waals surface area contributed by atoms with Crippen LogP contribution >= 0.6 is 0 Å². The third kappa shape index (κ3) is 6.13. The van der Waals surface area contributed by atoms with Gasteiger partial charge in [0.05, 0.1) is 12.2 Å². The molecule has 8 heteroatoms. The quantitative estimate of drug-likeness (QED) is 0.403. The predicted octanol–water partition coefficient (Wildman–Crippen LogP) is 7.71. The molecule has 1 aliphatic heterocycles. The summed E-state index contributed by atoms with van der Waals surface area (Å²) in [6, 6.07) is 9.92. The van der Waals surface area contributed by atoms with Gasteiger partial charge < -0.3 is 4.74 Å². The standard InChI is InChI=1S/C26H28F6O2/c1-15-2-8-24(33-14-15)18-6-4-17(5-7-18)19-12-21(27)20(22(28)13-19)10-16-3-9-25(23(29)11-16)34-26(30,31)32/h4-7,12-13,15-16,23-25H,2-3,8-11,14H2,1H3. The molecule has 34 heavy (non-hydrogen) atoms. The topological polar surface area (TPSA) is 18.5 Å². The van der Waals surface area contributed by atoms with Crippen molar-refractivity contribution in [2.75, 3.05) is 6.61 Å². The summed E-state index contributed by atoms with van der Waals surface area (Å²) in [5.41, 5.74) is 1.90.